The molecule has 3 rings (SSSR count). The Morgan fingerprint density at radius 1 is 1.40 bits per heavy atom. The van der Waals surface area contributed by atoms with E-state index in [1.807, 2.05) is 37.3 Å². The number of carbonyl (C=O) groups excluding carboxylic acids is 1. The lowest BCUT2D eigenvalue weighted by atomic mass is 10.1. The molecule has 134 valence electrons. The van der Waals surface area contributed by atoms with Gasteiger partial charge in [-0.25, -0.2) is 0 Å². The minimum atomic E-state index is -0.659. The second kappa shape index (κ2) is 7.76. The molecule has 0 unspecified atom stereocenters. The molecule has 1 aliphatic heterocycles. The van der Waals surface area contributed by atoms with E-state index in [1.54, 1.807) is 18.9 Å². The van der Waals surface area contributed by atoms with Gasteiger partial charge in [0.2, 0.25) is 5.89 Å². The van der Waals surface area contributed by atoms with Gasteiger partial charge < -0.3 is 18.9 Å². The number of ether oxygens (including phenoxy) is 2. The molecule has 2 aromatic rings. The first-order chi connectivity index (χ1) is 12.1. The van der Waals surface area contributed by atoms with Crippen LogP contribution >= 0.6 is 0 Å². The Balaban J connectivity index is 1.88. The number of hydrogen-bond donors (Lipinski definition) is 0. The molecule has 0 aliphatic carbocycles. The summed E-state index contributed by atoms with van der Waals surface area (Å²) >= 11 is 0. The van der Waals surface area contributed by atoms with Gasteiger partial charge in [-0.05, 0) is 19.4 Å². The van der Waals surface area contributed by atoms with Crippen molar-refractivity contribution in [3.63, 3.8) is 0 Å². The van der Waals surface area contributed by atoms with Crippen molar-refractivity contribution in [2.45, 2.75) is 38.5 Å². The van der Waals surface area contributed by atoms with E-state index in [4.69, 9.17) is 14.0 Å². The fourth-order valence-electron chi connectivity index (χ4n) is 3.15. The van der Waals surface area contributed by atoms with Gasteiger partial charge in [0.05, 0.1) is 6.10 Å². The number of carbonyl (C=O) groups is 1. The Kier molecular flexibility index (Phi) is 5.45. The Morgan fingerprint density at radius 3 is 2.76 bits per heavy atom. The summed E-state index contributed by atoms with van der Waals surface area (Å²) in [4.78, 5) is 19.3. The highest BCUT2D eigenvalue weighted by Crippen LogP contribution is 2.35. The summed E-state index contributed by atoms with van der Waals surface area (Å²) in [7, 11) is 1.64. The van der Waals surface area contributed by atoms with Crippen LogP contribution in [0.4, 0.5) is 0 Å². The van der Waals surface area contributed by atoms with Gasteiger partial charge in [0.1, 0.15) is 6.04 Å². The summed E-state index contributed by atoms with van der Waals surface area (Å²) in [6, 6.07) is 9.20. The molecule has 1 amide bonds. The fraction of sp³-hybridized carbons (Fsp3) is 0.500. The van der Waals surface area contributed by atoms with Gasteiger partial charge in [0, 0.05) is 26.7 Å². The summed E-state index contributed by atoms with van der Waals surface area (Å²) in [6.07, 6.45) is -0.107. The van der Waals surface area contributed by atoms with Crippen molar-refractivity contribution in [2.24, 2.45) is 0 Å². The number of rotatable bonds is 6. The molecular weight excluding hydrogens is 322 g/mol. The quantitative estimate of drug-likeness (QED) is 0.800. The average molecular weight is 345 g/mol. The second-order valence-corrected chi connectivity index (χ2v) is 6.03. The molecule has 1 fully saturated rings. The first kappa shape index (κ1) is 17.6. The van der Waals surface area contributed by atoms with Gasteiger partial charge in [0.25, 0.3) is 5.91 Å². The first-order valence-electron chi connectivity index (χ1n) is 8.44. The molecule has 1 saturated heterocycles. The molecule has 7 heteroatoms. The number of aryl methyl sites for hydroxylation is 1. The number of aromatic nitrogens is 2. The van der Waals surface area contributed by atoms with Gasteiger partial charge >= 0.3 is 0 Å². The van der Waals surface area contributed by atoms with Crippen molar-refractivity contribution in [3.8, 4) is 0 Å². The molecular formula is C18H23N3O4. The monoisotopic (exact) mass is 345 g/mol. The van der Waals surface area contributed by atoms with E-state index < -0.39 is 6.10 Å². The van der Waals surface area contributed by atoms with Crippen molar-refractivity contribution in [1.29, 1.82) is 0 Å². The van der Waals surface area contributed by atoms with E-state index in [2.05, 4.69) is 10.1 Å². The summed E-state index contributed by atoms with van der Waals surface area (Å²) in [5.74, 6) is 0.870. The minimum Gasteiger partial charge on any atom is -0.380 e. The normalized spacial score (nSPS) is 21.5. The largest absolute Gasteiger partial charge is 0.380 e. The Morgan fingerprint density at radius 2 is 2.16 bits per heavy atom. The predicted octanol–water partition coefficient (Wildman–Crippen LogP) is 2.44. The van der Waals surface area contributed by atoms with Crippen LogP contribution in [-0.4, -0.2) is 47.3 Å². The lowest BCUT2D eigenvalue weighted by Gasteiger charge is -2.27. The van der Waals surface area contributed by atoms with Crippen LogP contribution in [-0.2, 0) is 14.3 Å². The van der Waals surface area contributed by atoms with Crippen LogP contribution in [0.15, 0.2) is 34.9 Å². The van der Waals surface area contributed by atoms with Gasteiger partial charge in [-0.2, -0.15) is 4.98 Å². The molecule has 0 radical (unpaired) electrons. The van der Waals surface area contributed by atoms with Crippen molar-refractivity contribution in [2.75, 3.05) is 20.3 Å². The van der Waals surface area contributed by atoms with Crippen LogP contribution in [0.5, 0.6) is 0 Å². The third-order valence-electron chi connectivity index (χ3n) is 4.37. The van der Waals surface area contributed by atoms with E-state index >= 15 is 0 Å². The second-order valence-electron chi connectivity index (χ2n) is 6.03. The number of amides is 1. The average Bonchev–Trinajstić information content (AvgIpc) is 3.25. The van der Waals surface area contributed by atoms with E-state index in [-0.39, 0.29) is 18.1 Å². The van der Waals surface area contributed by atoms with Crippen molar-refractivity contribution in [3.05, 3.63) is 47.6 Å². The fourth-order valence-corrected chi connectivity index (χ4v) is 3.15. The zero-order valence-corrected chi connectivity index (χ0v) is 14.7. The highest BCUT2D eigenvalue weighted by molar-refractivity contribution is 5.83. The lowest BCUT2D eigenvalue weighted by molar-refractivity contribution is -0.145. The maximum atomic E-state index is 13.2. The van der Waals surface area contributed by atoms with Crippen molar-refractivity contribution < 1.29 is 18.8 Å². The van der Waals surface area contributed by atoms with Crippen LogP contribution in [0.1, 0.15) is 42.8 Å². The number of methoxy groups -OCH3 is 1. The molecule has 1 aromatic carbocycles. The summed E-state index contributed by atoms with van der Waals surface area (Å²) in [6.45, 7) is 4.55. The number of likely N-dealkylation sites (tertiary alicyclic amines) is 1. The van der Waals surface area contributed by atoms with Gasteiger partial charge in [-0.3, -0.25) is 4.79 Å². The van der Waals surface area contributed by atoms with Crippen LogP contribution < -0.4 is 0 Å². The molecule has 3 atom stereocenters. The lowest BCUT2D eigenvalue weighted by Crippen LogP contribution is -2.37. The van der Waals surface area contributed by atoms with E-state index in [1.165, 1.54) is 0 Å². The first-order valence-corrected chi connectivity index (χ1v) is 8.44. The van der Waals surface area contributed by atoms with Crippen molar-refractivity contribution >= 4 is 5.91 Å². The van der Waals surface area contributed by atoms with Gasteiger partial charge in [-0.1, -0.05) is 35.5 Å². The molecule has 0 saturated carbocycles. The Hall–Kier alpha value is -2.25. The molecule has 0 bridgehead atoms. The molecule has 7 nitrogen and oxygen atoms in total. The highest BCUT2D eigenvalue weighted by atomic mass is 16.5. The molecule has 2 heterocycles. The summed E-state index contributed by atoms with van der Waals surface area (Å²) < 4.78 is 16.5. The summed E-state index contributed by atoms with van der Waals surface area (Å²) in [5, 5.41) is 3.85. The zero-order valence-electron chi connectivity index (χ0n) is 14.7. The highest BCUT2D eigenvalue weighted by Gasteiger charge is 2.42. The van der Waals surface area contributed by atoms with Crippen LogP contribution in [0.3, 0.4) is 0 Å². The summed E-state index contributed by atoms with van der Waals surface area (Å²) in [5.41, 5.74) is 0.829. The van der Waals surface area contributed by atoms with Gasteiger partial charge in [0.15, 0.2) is 11.9 Å². The van der Waals surface area contributed by atoms with Crippen LogP contribution in [0.25, 0.3) is 0 Å². The maximum Gasteiger partial charge on any atom is 0.257 e. The molecule has 1 aliphatic rings. The Labute approximate surface area is 146 Å². The topological polar surface area (TPSA) is 77.7 Å². The molecule has 0 N–H and O–H groups in total. The molecule has 1 aromatic heterocycles. The predicted molar refractivity (Wildman–Crippen MR) is 89.7 cm³/mol. The minimum absolute atomic E-state index is 0.0702. The Bertz CT molecular complexity index is 703. The van der Waals surface area contributed by atoms with Crippen LogP contribution in [0.2, 0.25) is 0 Å². The molecule has 0 spiro atoms. The standard InChI is InChI=1S/C18H23N3O4/c1-4-24-16(13-8-6-5-7-9-13)18(22)21-11-14(23-3)10-15(21)17-19-12(2)20-25-17/h5-9,14-16H,4,10-11H2,1-3H3/t14-,15-,16-/m1/s1. The van der Waals surface area contributed by atoms with Crippen molar-refractivity contribution in [1.82, 2.24) is 15.0 Å². The SMILES string of the molecule is CCO[C@@H](C(=O)N1C[C@H](OC)C[C@@H]1c1nc(C)no1)c1ccccc1. The van der Waals surface area contributed by atoms with E-state index in [0.717, 1.165) is 5.56 Å². The number of benzene rings is 1. The number of nitrogens with zero attached hydrogens (tertiary/aromatic N) is 3. The van der Waals surface area contributed by atoms with E-state index in [9.17, 15) is 4.79 Å². The third kappa shape index (κ3) is 3.72. The maximum absolute atomic E-state index is 13.2. The van der Waals surface area contributed by atoms with Crippen LogP contribution in [0, 0.1) is 6.92 Å². The molecule has 25 heavy (non-hydrogen) atoms. The van der Waals surface area contributed by atoms with Gasteiger partial charge in [-0.15, -0.1) is 0 Å². The third-order valence-corrected chi connectivity index (χ3v) is 4.37. The number of hydrogen-bond acceptors (Lipinski definition) is 6. The zero-order chi connectivity index (χ0) is 17.8. The smallest absolute Gasteiger partial charge is 0.257 e. The van der Waals surface area contributed by atoms with E-state index in [0.29, 0.717) is 31.3 Å².